The van der Waals surface area contributed by atoms with Crippen LogP contribution in [0.3, 0.4) is 0 Å². The van der Waals surface area contributed by atoms with Crippen molar-refractivity contribution in [1.82, 2.24) is 0 Å². The van der Waals surface area contributed by atoms with E-state index in [1.54, 1.807) is 6.07 Å². The molecule has 94 valence electrons. The molecule has 3 aromatic carbocycles. The van der Waals surface area contributed by atoms with Gasteiger partial charge in [0, 0.05) is 5.69 Å². The van der Waals surface area contributed by atoms with E-state index in [2.05, 4.69) is 5.32 Å². The number of hydrogen-bond acceptors (Lipinski definition) is 1. The van der Waals surface area contributed by atoms with Crippen LogP contribution in [0.4, 0.5) is 20.2 Å². The number of anilines is 2. The summed E-state index contributed by atoms with van der Waals surface area (Å²) in [4.78, 5) is 0. The smallest absolute Gasteiger partial charge is 0.149 e. The van der Waals surface area contributed by atoms with Gasteiger partial charge in [0.25, 0.3) is 0 Å². The first-order valence-electron chi connectivity index (χ1n) is 5.94. The number of benzene rings is 3. The molecular formula is C16H11F2N. The molecule has 0 amide bonds. The molecule has 0 saturated carbocycles. The Morgan fingerprint density at radius 1 is 0.684 bits per heavy atom. The van der Waals surface area contributed by atoms with Crippen molar-refractivity contribution in [2.75, 3.05) is 5.32 Å². The zero-order valence-corrected chi connectivity index (χ0v) is 10.0. The van der Waals surface area contributed by atoms with Gasteiger partial charge in [-0.1, -0.05) is 36.4 Å². The molecule has 3 rings (SSSR count). The number of rotatable bonds is 2. The monoisotopic (exact) mass is 255 g/mol. The van der Waals surface area contributed by atoms with Crippen molar-refractivity contribution in [3.05, 3.63) is 72.3 Å². The van der Waals surface area contributed by atoms with Gasteiger partial charge in [-0.3, -0.25) is 0 Å². The molecule has 0 unspecified atom stereocenters. The van der Waals surface area contributed by atoms with Crippen LogP contribution in [0.1, 0.15) is 0 Å². The third kappa shape index (κ3) is 2.27. The summed E-state index contributed by atoms with van der Waals surface area (Å²) in [6.45, 7) is 0. The predicted molar refractivity (Wildman–Crippen MR) is 73.6 cm³/mol. The normalized spacial score (nSPS) is 10.6. The van der Waals surface area contributed by atoms with E-state index in [0.717, 1.165) is 10.8 Å². The topological polar surface area (TPSA) is 12.0 Å². The molecular weight excluding hydrogens is 244 g/mol. The minimum atomic E-state index is -0.604. The Bertz CT molecular complexity index is 717. The predicted octanol–water partition coefficient (Wildman–Crippen LogP) is 4.86. The quantitative estimate of drug-likeness (QED) is 0.689. The van der Waals surface area contributed by atoms with Gasteiger partial charge in [0.15, 0.2) is 0 Å². The van der Waals surface area contributed by atoms with Crippen LogP contribution >= 0.6 is 0 Å². The lowest BCUT2D eigenvalue weighted by atomic mass is 10.1. The third-order valence-electron chi connectivity index (χ3n) is 2.98. The Morgan fingerprint density at radius 3 is 2.11 bits per heavy atom. The molecule has 0 aliphatic rings. The molecule has 0 bridgehead atoms. The molecule has 19 heavy (non-hydrogen) atoms. The Morgan fingerprint density at radius 2 is 1.37 bits per heavy atom. The standard InChI is InChI=1S/C16H11F2N/c17-14-6-3-7-15(18)16(14)19-13-9-8-11-4-1-2-5-12(11)10-13/h1-10,19H. The minimum Gasteiger partial charge on any atom is -0.351 e. The SMILES string of the molecule is Fc1cccc(F)c1Nc1ccc2ccccc2c1. The van der Waals surface area contributed by atoms with Crippen LogP contribution in [0.25, 0.3) is 10.8 Å². The van der Waals surface area contributed by atoms with E-state index in [1.165, 1.54) is 18.2 Å². The van der Waals surface area contributed by atoms with Crippen molar-refractivity contribution in [1.29, 1.82) is 0 Å². The second-order valence-corrected chi connectivity index (χ2v) is 4.28. The summed E-state index contributed by atoms with van der Waals surface area (Å²) in [6, 6.07) is 17.2. The van der Waals surface area contributed by atoms with Crippen molar-refractivity contribution in [2.24, 2.45) is 0 Å². The largest absolute Gasteiger partial charge is 0.351 e. The molecule has 0 aromatic heterocycles. The Labute approximate surface area is 109 Å². The molecule has 3 heteroatoms. The highest BCUT2D eigenvalue weighted by Gasteiger charge is 2.08. The summed E-state index contributed by atoms with van der Waals surface area (Å²) >= 11 is 0. The fraction of sp³-hybridized carbons (Fsp3) is 0. The van der Waals surface area contributed by atoms with Crippen molar-refractivity contribution in [2.45, 2.75) is 0 Å². The zero-order valence-electron chi connectivity index (χ0n) is 10.0. The first-order chi connectivity index (χ1) is 9.24. The van der Waals surface area contributed by atoms with Crippen LogP contribution in [0.15, 0.2) is 60.7 Å². The van der Waals surface area contributed by atoms with Crippen molar-refractivity contribution in [3.8, 4) is 0 Å². The number of nitrogens with one attached hydrogen (secondary N) is 1. The average molecular weight is 255 g/mol. The first-order valence-corrected chi connectivity index (χ1v) is 5.94. The Hall–Kier alpha value is -2.42. The molecule has 1 N–H and O–H groups in total. The molecule has 1 nitrogen and oxygen atoms in total. The fourth-order valence-corrected chi connectivity index (χ4v) is 2.03. The Kier molecular flexibility index (Phi) is 2.88. The highest BCUT2D eigenvalue weighted by atomic mass is 19.1. The number of halogens is 2. The lowest BCUT2D eigenvalue weighted by Gasteiger charge is -2.09. The van der Waals surface area contributed by atoms with Crippen LogP contribution in [0, 0.1) is 11.6 Å². The zero-order chi connectivity index (χ0) is 13.2. The van der Waals surface area contributed by atoms with Gasteiger partial charge in [-0.05, 0) is 35.0 Å². The highest BCUT2D eigenvalue weighted by Crippen LogP contribution is 2.25. The number of para-hydroxylation sites is 1. The molecule has 0 saturated heterocycles. The maximum absolute atomic E-state index is 13.5. The first kappa shape index (κ1) is 11.7. The van der Waals surface area contributed by atoms with Gasteiger partial charge in [-0.25, -0.2) is 8.78 Å². The molecule has 0 heterocycles. The number of hydrogen-bond donors (Lipinski definition) is 1. The van der Waals surface area contributed by atoms with Gasteiger partial charge >= 0.3 is 0 Å². The van der Waals surface area contributed by atoms with E-state index in [0.29, 0.717) is 5.69 Å². The fourth-order valence-electron chi connectivity index (χ4n) is 2.03. The molecule has 3 aromatic rings. The summed E-state index contributed by atoms with van der Waals surface area (Å²) in [5.74, 6) is -1.21. The van der Waals surface area contributed by atoms with E-state index < -0.39 is 11.6 Å². The lowest BCUT2D eigenvalue weighted by molar-refractivity contribution is 0.591. The maximum Gasteiger partial charge on any atom is 0.149 e. The number of fused-ring (bicyclic) bond motifs is 1. The van der Waals surface area contributed by atoms with Crippen LogP contribution in [0.2, 0.25) is 0 Å². The van der Waals surface area contributed by atoms with Gasteiger partial charge < -0.3 is 5.32 Å². The van der Waals surface area contributed by atoms with Gasteiger partial charge in [0.05, 0.1) is 0 Å². The van der Waals surface area contributed by atoms with Crippen molar-refractivity contribution < 1.29 is 8.78 Å². The Balaban J connectivity index is 2.01. The van der Waals surface area contributed by atoms with Crippen molar-refractivity contribution >= 4 is 22.1 Å². The average Bonchev–Trinajstić information content (AvgIpc) is 2.43. The van der Waals surface area contributed by atoms with Crippen LogP contribution in [-0.4, -0.2) is 0 Å². The lowest BCUT2D eigenvalue weighted by Crippen LogP contribution is -1.97. The molecule has 0 fully saturated rings. The van der Waals surface area contributed by atoms with Gasteiger partial charge in [-0.15, -0.1) is 0 Å². The summed E-state index contributed by atoms with van der Waals surface area (Å²) in [5.41, 5.74) is 0.528. The summed E-state index contributed by atoms with van der Waals surface area (Å²) in [7, 11) is 0. The van der Waals surface area contributed by atoms with Crippen molar-refractivity contribution in [3.63, 3.8) is 0 Å². The van der Waals surface area contributed by atoms with E-state index >= 15 is 0 Å². The molecule has 0 aliphatic heterocycles. The van der Waals surface area contributed by atoms with Gasteiger partial charge in [0.2, 0.25) is 0 Å². The summed E-state index contributed by atoms with van der Waals surface area (Å²) < 4.78 is 27.1. The maximum atomic E-state index is 13.5. The second-order valence-electron chi connectivity index (χ2n) is 4.28. The molecule has 0 radical (unpaired) electrons. The van der Waals surface area contributed by atoms with Crippen LogP contribution in [0.5, 0.6) is 0 Å². The van der Waals surface area contributed by atoms with E-state index in [4.69, 9.17) is 0 Å². The third-order valence-corrected chi connectivity index (χ3v) is 2.98. The van der Waals surface area contributed by atoms with Crippen LogP contribution in [-0.2, 0) is 0 Å². The molecule has 0 spiro atoms. The van der Waals surface area contributed by atoms with E-state index in [1.807, 2.05) is 36.4 Å². The van der Waals surface area contributed by atoms with E-state index in [-0.39, 0.29) is 5.69 Å². The summed E-state index contributed by atoms with van der Waals surface area (Å²) in [5, 5.41) is 4.89. The summed E-state index contributed by atoms with van der Waals surface area (Å²) in [6.07, 6.45) is 0. The molecule has 0 atom stereocenters. The second kappa shape index (κ2) is 4.69. The van der Waals surface area contributed by atoms with E-state index in [9.17, 15) is 8.78 Å². The van der Waals surface area contributed by atoms with Crippen LogP contribution < -0.4 is 5.32 Å². The minimum absolute atomic E-state index is 0.127. The molecule has 0 aliphatic carbocycles. The van der Waals surface area contributed by atoms with Gasteiger partial charge in [0.1, 0.15) is 17.3 Å². The van der Waals surface area contributed by atoms with Gasteiger partial charge in [-0.2, -0.15) is 0 Å². The highest BCUT2D eigenvalue weighted by molar-refractivity contribution is 5.86.